The molecule has 2 aromatic rings. The van der Waals surface area contributed by atoms with E-state index in [1.165, 1.54) is 0 Å². The molecular weight excluding hydrogens is 290 g/mol. The van der Waals surface area contributed by atoms with Crippen molar-refractivity contribution in [2.75, 3.05) is 6.54 Å². The monoisotopic (exact) mass is 305 g/mol. The van der Waals surface area contributed by atoms with Crippen molar-refractivity contribution in [1.82, 2.24) is 24.6 Å². The van der Waals surface area contributed by atoms with Crippen LogP contribution in [0.3, 0.4) is 0 Å². The molecular formula is C13H15N5O2S. The maximum Gasteiger partial charge on any atom is 0.268 e. The average Bonchev–Trinajstić information content (AvgIpc) is 2.94. The fourth-order valence-electron chi connectivity index (χ4n) is 2.71. The number of rotatable bonds is 3. The van der Waals surface area contributed by atoms with Crippen molar-refractivity contribution in [3.63, 3.8) is 0 Å². The smallest absolute Gasteiger partial charge is 0.268 e. The fraction of sp³-hybridized carbons (Fsp3) is 0.615. The highest BCUT2D eigenvalue weighted by Crippen LogP contribution is 2.40. The first-order valence-electron chi connectivity index (χ1n) is 7.17. The second-order valence-electron chi connectivity index (χ2n) is 5.61. The lowest BCUT2D eigenvalue weighted by Gasteiger charge is -2.20. The van der Waals surface area contributed by atoms with Gasteiger partial charge >= 0.3 is 0 Å². The van der Waals surface area contributed by atoms with Crippen molar-refractivity contribution in [2.24, 2.45) is 0 Å². The van der Waals surface area contributed by atoms with Crippen LogP contribution in [0.25, 0.3) is 0 Å². The molecule has 1 amide bonds. The Morgan fingerprint density at radius 3 is 2.95 bits per heavy atom. The maximum absolute atomic E-state index is 12.6. The number of hydrogen-bond donors (Lipinski definition) is 0. The van der Waals surface area contributed by atoms with Crippen molar-refractivity contribution >= 4 is 17.4 Å². The Labute approximate surface area is 125 Å². The van der Waals surface area contributed by atoms with E-state index in [0.717, 1.165) is 43.0 Å². The molecule has 0 radical (unpaired) electrons. The topological polar surface area (TPSA) is 85.0 Å². The molecule has 1 unspecified atom stereocenters. The van der Waals surface area contributed by atoms with E-state index in [-0.39, 0.29) is 11.9 Å². The van der Waals surface area contributed by atoms with Gasteiger partial charge in [-0.05, 0) is 44.1 Å². The first kappa shape index (κ1) is 12.9. The van der Waals surface area contributed by atoms with Gasteiger partial charge in [0.25, 0.3) is 5.91 Å². The molecule has 8 heteroatoms. The summed E-state index contributed by atoms with van der Waals surface area (Å²) in [5.74, 6) is 1.79. The number of amides is 1. The Hall–Kier alpha value is -1.83. The molecule has 1 saturated carbocycles. The van der Waals surface area contributed by atoms with Crippen LogP contribution in [-0.2, 0) is 0 Å². The van der Waals surface area contributed by atoms with E-state index in [9.17, 15) is 4.79 Å². The van der Waals surface area contributed by atoms with Crippen LogP contribution in [0.5, 0.6) is 0 Å². The van der Waals surface area contributed by atoms with Crippen molar-refractivity contribution in [2.45, 2.75) is 44.6 Å². The summed E-state index contributed by atoms with van der Waals surface area (Å²) in [5, 5.41) is 7.96. The highest BCUT2D eigenvalue weighted by molar-refractivity contribution is 7.07. The van der Waals surface area contributed by atoms with Gasteiger partial charge < -0.3 is 9.42 Å². The van der Waals surface area contributed by atoms with Gasteiger partial charge in [-0.2, -0.15) is 4.98 Å². The fourth-order valence-corrected chi connectivity index (χ4v) is 3.33. The van der Waals surface area contributed by atoms with E-state index in [2.05, 4.69) is 19.7 Å². The summed E-state index contributed by atoms with van der Waals surface area (Å²) in [6.45, 7) is 2.52. The quantitative estimate of drug-likeness (QED) is 0.863. The third-order valence-corrected chi connectivity index (χ3v) is 4.86. The predicted molar refractivity (Wildman–Crippen MR) is 73.9 cm³/mol. The lowest BCUT2D eigenvalue weighted by molar-refractivity contribution is 0.0714. The zero-order chi connectivity index (χ0) is 14.4. The van der Waals surface area contributed by atoms with Crippen molar-refractivity contribution in [3.8, 4) is 0 Å². The molecule has 1 aliphatic heterocycles. The number of carbonyl (C=O) groups excluding carboxylic acids is 1. The number of likely N-dealkylation sites (tertiary alicyclic amines) is 1. The van der Waals surface area contributed by atoms with Gasteiger partial charge in [0.1, 0.15) is 10.9 Å². The largest absolute Gasteiger partial charge is 0.337 e. The third kappa shape index (κ3) is 2.23. The molecule has 3 heterocycles. The van der Waals surface area contributed by atoms with E-state index >= 15 is 0 Å². The van der Waals surface area contributed by atoms with Crippen LogP contribution in [0.1, 0.15) is 64.7 Å². The molecule has 0 N–H and O–H groups in total. The standard InChI is InChI=1S/C13H15N5O2S/c1-7-10(21-17-15-7)13(19)18-6-2-3-9(18)12-14-11(16-20-12)8-4-5-8/h8-9H,2-6H2,1H3. The molecule has 1 saturated heterocycles. The molecule has 7 nitrogen and oxygen atoms in total. The minimum atomic E-state index is -0.112. The van der Waals surface area contributed by atoms with Gasteiger partial charge in [-0.15, -0.1) is 5.10 Å². The Kier molecular flexibility index (Phi) is 2.99. The molecule has 0 bridgehead atoms. The lowest BCUT2D eigenvalue weighted by Crippen LogP contribution is -2.30. The first-order valence-corrected chi connectivity index (χ1v) is 7.95. The van der Waals surface area contributed by atoms with Crippen LogP contribution < -0.4 is 0 Å². The minimum Gasteiger partial charge on any atom is -0.337 e. The second-order valence-corrected chi connectivity index (χ2v) is 6.36. The molecule has 2 aliphatic rings. The van der Waals surface area contributed by atoms with Crippen molar-refractivity contribution in [1.29, 1.82) is 0 Å². The van der Waals surface area contributed by atoms with Crippen LogP contribution in [0.15, 0.2) is 4.52 Å². The molecule has 21 heavy (non-hydrogen) atoms. The van der Waals surface area contributed by atoms with Crippen molar-refractivity contribution in [3.05, 3.63) is 22.3 Å². The van der Waals surface area contributed by atoms with Crippen LogP contribution in [0, 0.1) is 6.92 Å². The van der Waals surface area contributed by atoms with Gasteiger partial charge in [0, 0.05) is 12.5 Å². The summed E-state index contributed by atoms with van der Waals surface area (Å²) in [6, 6.07) is -0.112. The van der Waals surface area contributed by atoms with E-state index in [4.69, 9.17) is 4.52 Å². The van der Waals surface area contributed by atoms with Gasteiger partial charge in [-0.1, -0.05) is 9.64 Å². The highest BCUT2D eigenvalue weighted by Gasteiger charge is 2.37. The molecule has 4 rings (SSSR count). The highest BCUT2D eigenvalue weighted by atomic mass is 32.1. The molecule has 2 aromatic heterocycles. The lowest BCUT2D eigenvalue weighted by atomic mass is 10.2. The van der Waals surface area contributed by atoms with E-state index in [0.29, 0.717) is 28.9 Å². The minimum absolute atomic E-state index is 0.0313. The SMILES string of the molecule is Cc1nnsc1C(=O)N1CCCC1c1nc(C2CC2)no1. The van der Waals surface area contributed by atoms with E-state index in [1.54, 1.807) is 6.92 Å². The van der Waals surface area contributed by atoms with E-state index in [1.807, 2.05) is 4.90 Å². The Balaban J connectivity index is 1.59. The summed E-state index contributed by atoms with van der Waals surface area (Å²) >= 11 is 1.14. The normalized spacial score (nSPS) is 22.0. The van der Waals surface area contributed by atoms with Crippen LogP contribution >= 0.6 is 11.5 Å². The predicted octanol–water partition coefficient (Wildman–Crippen LogP) is 2.08. The Morgan fingerprint density at radius 2 is 2.24 bits per heavy atom. The molecule has 0 aromatic carbocycles. The summed E-state index contributed by atoms with van der Waals surface area (Å²) in [6.07, 6.45) is 4.09. The summed E-state index contributed by atoms with van der Waals surface area (Å²) < 4.78 is 9.24. The van der Waals surface area contributed by atoms with Gasteiger partial charge in [-0.3, -0.25) is 4.79 Å². The van der Waals surface area contributed by atoms with Crippen LogP contribution in [0.4, 0.5) is 0 Å². The molecule has 1 aliphatic carbocycles. The maximum atomic E-state index is 12.6. The van der Waals surface area contributed by atoms with Gasteiger partial charge in [-0.25, -0.2) is 0 Å². The number of carbonyl (C=O) groups is 1. The van der Waals surface area contributed by atoms with Crippen LogP contribution in [-0.4, -0.2) is 37.1 Å². The Morgan fingerprint density at radius 1 is 1.38 bits per heavy atom. The van der Waals surface area contributed by atoms with Crippen LogP contribution in [0.2, 0.25) is 0 Å². The molecule has 1 atom stereocenters. The van der Waals surface area contributed by atoms with Gasteiger partial charge in [0.2, 0.25) is 5.89 Å². The molecule has 0 spiro atoms. The number of hydrogen-bond acceptors (Lipinski definition) is 7. The number of aryl methyl sites for hydroxylation is 1. The average molecular weight is 305 g/mol. The van der Waals surface area contributed by atoms with Gasteiger partial charge in [0.15, 0.2) is 5.82 Å². The van der Waals surface area contributed by atoms with Crippen molar-refractivity contribution < 1.29 is 9.32 Å². The third-order valence-electron chi connectivity index (χ3n) is 4.04. The number of nitrogens with zero attached hydrogens (tertiary/aromatic N) is 5. The van der Waals surface area contributed by atoms with Gasteiger partial charge in [0.05, 0.1) is 5.69 Å². The first-order chi connectivity index (χ1) is 10.2. The Bertz CT molecular complexity index is 678. The van der Waals surface area contributed by atoms with E-state index < -0.39 is 0 Å². The zero-order valence-electron chi connectivity index (χ0n) is 11.7. The summed E-state index contributed by atoms with van der Waals surface area (Å²) in [4.78, 5) is 19.5. The number of aromatic nitrogens is 4. The summed E-state index contributed by atoms with van der Waals surface area (Å²) in [7, 11) is 0. The molecule has 110 valence electrons. The zero-order valence-corrected chi connectivity index (χ0v) is 12.5. The second kappa shape index (κ2) is 4.87. The summed E-state index contributed by atoms with van der Waals surface area (Å²) in [5.41, 5.74) is 0.680. The molecule has 2 fully saturated rings.